The summed E-state index contributed by atoms with van der Waals surface area (Å²) in [5, 5.41) is 3.00. The summed E-state index contributed by atoms with van der Waals surface area (Å²) in [5.41, 5.74) is 3.72. The van der Waals surface area contributed by atoms with E-state index in [1.165, 1.54) is 5.56 Å². The predicted molar refractivity (Wildman–Crippen MR) is 98.8 cm³/mol. The van der Waals surface area contributed by atoms with Crippen molar-refractivity contribution in [2.75, 3.05) is 32.0 Å². The van der Waals surface area contributed by atoms with Crippen molar-refractivity contribution in [3.05, 3.63) is 47.0 Å². The highest BCUT2D eigenvalue weighted by atomic mass is 16.2. The summed E-state index contributed by atoms with van der Waals surface area (Å²) in [6.45, 7) is 4.08. The number of carbonyl (C=O) groups is 1. The molecule has 1 saturated heterocycles. The van der Waals surface area contributed by atoms with Gasteiger partial charge in [0, 0.05) is 64.1 Å². The maximum atomic E-state index is 13.0. The van der Waals surface area contributed by atoms with Crippen molar-refractivity contribution < 1.29 is 4.79 Å². The Hall–Kier alpha value is -2.54. The van der Waals surface area contributed by atoms with Crippen molar-refractivity contribution in [2.24, 2.45) is 0 Å². The van der Waals surface area contributed by atoms with Gasteiger partial charge in [0.15, 0.2) is 0 Å². The molecule has 2 aliphatic rings. The minimum Gasteiger partial charge on any atom is -0.357 e. The van der Waals surface area contributed by atoms with Crippen LogP contribution in [-0.4, -0.2) is 57.3 Å². The van der Waals surface area contributed by atoms with E-state index in [0.717, 1.165) is 56.7 Å². The molecule has 2 aliphatic heterocycles. The average Bonchev–Trinajstić information content (AvgIpc) is 3.22. The van der Waals surface area contributed by atoms with Crippen LogP contribution in [0.5, 0.6) is 0 Å². The van der Waals surface area contributed by atoms with E-state index in [4.69, 9.17) is 0 Å². The number of anilines is 1. The van der Waals surface area contributed by atoms with Gasteiger partial charge in [-0.2, -0.15) is 0 Å². The van der Waals surface area contributed by atoms with E-state index in [9.17, 15) is 4.79 Å². The van der Waals surface area contributed by atoms with Gasteiger partial charge in [-0.1, -0.05) is 6.07 Å². The standard InChI is InChI=1S/C19H24N6O/c1-20-19-22-16-6-10-24(12-14-5-4-7-21-11-14)13-15(16)17(23-19)18(26)25-8-2-3-9-25/h4-5,7,11H,2-3,6,8-10,12-13H2,1H3,(H,20,22,23). The fourth-order valence-electron chi connectivity index (χ4n) is 3.71. The highest BCUT2D eigenvalue weighted by molar-refractivity contribution is 5.94. The number of nitrogens with zero attached hydrogens (tertiary/aromatic N) is 5. The third-order valence-electron chi connectivity index (χ3n) is 5.09. The molecule has 0 bridgehead atoms. The van der Waals surface area contributed by atoms with E-state index >= 15 is 0 Å². The van der Waals surface area contributed by atoms with Crippen LogP contribution < -0.4 is 5.32 Å². The lowest BCUT2D eigenvalue weighted by molar-refractivity contribution is 0.0783. The number of pyridine rings is 1. The zero-order valence-electron chi connectivity index (χ0n) is 15.1. The zero-order valence-corrected chi connectivity index (χ0v) is 15.1. The molecule has 0 saturated carbocycles. The van der Waals surface area contributed by atoms with Crippen LogP contribution in [0.3, 0.4) is 0 Å². The second-order valence-electron chi connectivity index (χ2n) is 6.89. The third kappa shape index (κ3) is 3.39. The summed E-state index contributed by atoms with van der Waals surface area (Å²) in [4.78, 5) is 30.6. The molecular formula is C19H24N6O. The highest BCUT2D eigenvalue weighted by Gasteiger charge is 2.29. The first-order valence-corrected chi connectivity index (χ1v) is 9.22. The molecule has 4 rings (SSSR count). The number of aromatic nitrogens is 3. The molecule has 0 aliphatic carbocycles. The molecule has 26 heavy (non-hydrogen) atoms. The van der Waals surface area contributed by atoms with Crippen molar-refractivity contribution >= 4 is 11.9 Å². The molecular weight excluding hydrogens is 328 g/mol. The van der Waals surface area contributed by atoms with Gasteiger partial charge in [0.1, 0.15) is 5.69 Å². The quantitative estimate of drug-likeness (QED) is 0.903. The van der Waals surface area contributed by atoms with Crippen LogP contribution in [0.25, 0.3) is 0 Å². The van der Waals surface area contributed by atoms with Gasteiger partial charge in [-0.15, -0.1) is 0 Å². The number of likely N-dealkylation sites (tertiary alicyclic amines) is 1. The van der Waals surface area contributed by atoms with Gasteiger partial charge in [-0.25, -0.2) is 9.97 Å². The highest BCUT2D eigenvalue weighted by Crippen LogP contribution is 2.25. The Kier molecular flexibility index (Phi) is 4.79. The van der Waals surface area contributed by atoms with E-state index in [-0.39, 0.29) is 5.91 Å². The van der Waals surface area contributed by atoms with Gasteiger partial charge in [0.25, 0.3) is 5.91 Å². The Morgan fingerprint density at radius 1 is 1.23 bits per heavy atom. The maximum Gasteiger partial charge on any atom is 0.273 e. The van der Waals surface area contributed by atoms with Crippen LogP contribution in [0.2, 0.25) is 0 Å². The first kappa shape index (κ1) is 16.9. The number of amides is 1. The number of hydrogen-bond acceptors (Lipinski definition) is 6. The molecule has 1 amide bonds. The van der Waals surface area contributed by atoms with Crippen LogP contribution in [0.15, 0.2) is 24.5 Å². The van der Waals surface area contributed by atoms with Crippen LogP contribution >= 0.6 is 0 Å². The lowest BCUT2D eigenvalue weighted by Crippen LogP contribution is -2.35. The van der Waals surface area contributed by atoms with Gasteiger partial charge >= 0.3 is 0 Å². The first-order valence-electron chi connectivity index (χ1n) is 9.22. The molecule has 2 aromatic rings. The van der Waals surface area contributed by atoms with Crippen molar-refractivity contribution in [3.8, 4) is 0 Å². The van der Waals surface area contributed by atoms with Crippen LogP contribution in [0.1, 0.15) is 40.2 Å². The van der Waals surface area contributed by atoms with Crippen LogP contribution in [-0.2, 0) is 19.5 Å². The fourth-order valence-corrected chi connectivity index (χ4v) is 3.71. The Bertz CT molecular complexity index is 788. The van der Waals surface area contributed by atoms with Gasteiger partial charge in [0.05, 0.1) is 5.69 Å². The third-order valence-corrected chi connectivity index (χ3v) is 5.09. The van der Waals surface area contributed by atoms with Gasteiger partial charge in [0.2, 0.25) is 5.95 Å². The molecule has 0 atom stereocenters. The predicted octanol–water partition coefficient (Wildman–Crippen LogP) is 1.71. The Morgan fingerprint density at radius 2 is 2.08 bits per heavy atom. The fraction of sp³-hybridized carbons (Fsp3) is 0.474. The van der Waals surface area contributed by atoms with Crippen LogP contribution in [0.4, 0.5) is 5.95 Å². The molecule has 0 radical (unpaired) electrons. The molecule has 1 N–H and O–H groups in total. The van der Waals surface area contributed by atoms with Gasteiger partial charge in [-0.3, -0.25) is 14.7 Å². The molecule has 7 nitrogen and oxygen atoms in total. The second kappa shape index (κ2) is 7.37. The first-order chi connectivity index (χ1) is 12.7. The molecule has 2 aromatic heterocycles. The maximum absolute atomic E-state index is 13.0. The molecule has 0 unspecified atom stereocenters. The number of rotatable bonds is 4. The lowest BCUT2D eigenvalue weighted by Gasteiger charge is -2.30. The monoisotopic (exact) mass is 352 g/mol. The molecule has 136 valence electrons. The summed E-state index contributed by atoms with van der Waals surface area (Å²) in [5.74, 6) is 0.577. The van der Waals surface area contributed by atoms with E-state index in [0.29, 0.717) is 18.2 Å². The number of nitrogens with one attached hydrogen (secondary N) is 1. The number of carbonyl (C=O) groups excluding carboxylic acids is 1. The van der Waals surface area contributed by atoms with Gasteiger partial charge < -0.3 is 10.2 Å². The normalized spacial score (nSPS) is 17.2. The Balaban J connectivity index is 1.62. The van der Waals surface area contributed by atoms with E-state index in [2.05, 4.69) is 31.2 Å². The van der Waals surface area contributed by atoms with E-state index in [1.54, 1.807) is 13.2 Å². The van der Waals surface area contributed by atoms with Gasteiger partial charge in [-0.05, 0) is 24.5 Å². The largest absolute Gasteiger partial charge is 0.357 e. The minimum atomic E-state index is 0.0425. The summed E-state index contributed by atoms with van der Waals surface area (Å²) < 4.78 is 0. The van der Waals surface area contributed by atoms with Crippen molar-refractivity contribution in [1.82, 2.24) is 24.8 Å². The second-order valence-corrected chi connectivity index (χ2v) is 6.89. The van der Waals surface area contributed by atoms with Crippen molar-refractivity contribution in [2.45, 2.75) is 32.4 Å². The molecule has 0 spiro atoms. The summed E-state index contributed by atoms with van der Waals surface area (Å²) in [7, 11) is 1.80. The summed E-state index contributed by atoms with van der Waals surface area (Å²) in [6.07, 6.45) is 6.66. The molecule has 1 fully saturated rings. The average molecular weight is 352 g/mol. The minimum absolute atomic E-state index is 0.0425. The number of hydrogen-bond donors (Lipinski definition) is 1. The molecule has 4 heterocycles. The zero-order chi connectivity index (χ0) is 17.9. The topological polar surface area (TPSA) is 74.2 Å². The van der Waals surface area contributed by atoms with Crippen molar-refractivity contribution in [1.29, 1.82) is 0 Å². The van der Waals surface area contributed by atoms with E-state index < -0.39 is 0 Å². The smallest absolute Gasteiger partial charge is 0.273 e. The Labute approximate surface area is 153 Å². The van der Waals surface area contributed by atoms with E-state index in [1.807, 2.05) is 17.2 Å². The summed E-state index contributed by atoms with van der Waals surface area (Å²) in [6, 6.07) is 4.04. The SMILES string of the molecule is CNc1nc2c(c(C(=O)N3CCCC3)n1)CN(Cc1cccnc1)CC2. The number of fused-ring (bicyclic) bond motifs is 1. The Morgan fingerprint density at radius 3 is 2.81 bits per heavy atom. The molecule has 0 aromatic carbocycles. The summed E-state index contributed by atoms with van der Waals surface area (Å²) >= 11 is 0. The molecule has 7 heteroatoms. The van der Waals surface area contributed by atoms with Crippen LogP contribution in [0, 0.1) is 0 Å². The lowest BCUT2D eigenvalue weighted by atomic mass is 10.0. The van der Waals surface area contributed by atoms with Crippen molar-refractivity contribution in [3.63, 3.8) is 0 Å².